The van der Waals surface area contributed by atoms with Crippen LogP contribution in [0.1, 0.15) is 40.5 Å². The lowest BCUT2D eigenvalue weighted by Gasteiger charge is -2.15. The van der Waals surface area contributed by atoms with Crippen LogP contribution in [0.4, 0.5) is 0 Å². The minimum absolute atomic E-state index is 0.139. The highest BCUT2D eigenvalue weighted by atomic mass is 16.5. The van der Waals surface area contributed by atoms with Crippen LogP contribution >= 0.6 is 0 Å². The molecule has 0 heterocycles. The van der Waals surface area contributed by atoms with Crippen LogP contribution in [0.15, 0.2) is 0 Å². The predicted octanol–water partition coefficient (Wildman–Crippen LogP) is 1.57. The Morgan fingerprint density at radius 2 is 1.64 bits per heavy atom. The molecule has 1 aliphatic rings. The number of hydrogen-bond donors (Lipinski definition) is 2. The fourth-order valence-corrected chi connectivity index (χ4v) is 0.665. The van der Waals surface area contributed by atoms with E-state index in [0.29, 0.717) is 18.1 Å². The van der Waals surface area contributed by atoms with Gasteiger partial charge in [0.25, 0.3) is 0 Å². The lowest BCUT2D eigenvalue weighted by molar-refractivity contribution is 0.0231. The summed E-state index contributed by atoms with van der Waals surface area (Å²) < 4.78 is 5.62. The summed E-state index contributed by atoms with van der Waals surface area (Å²) in [6.07, 6.45) is 3.09. The highest BCUT2D eigenvalue weighted by molar-refractivity contribution is 4.75. The van der Waals surface area contributed by atoms with Gasteiger partial charge < -0.3 is 14.9 Å². The summed E-state index contributed by atoms with van der Waals surface area (Å²) >= 11 is 0. The average molecular weight is 204 g/mol. The quantitative estimate of drug-likeness (QED) is 0.731. The first-order valence-electron chi connectivity index (χ1n) is 5.41. The third-order valence-electron chi connectivity index (χ3n) is 2.13. The summed E-state index contributed by atoms with van der Waals surface area (Å²) in [4.78, 5) is 0. The fourth-order valence-electron chi connectivity index (χ4n) is 0.665. The van der Waals surface area contributed by atoms with E-state index in [9.17, 15) is 0 Å². The van der Waals surface area contributed by atoms with Gasteiger partial charge in [0.05, 0.1) is 24.9 Å². The highest BCUT2D eigenvalue weighted by Crippen LogP contribution is 2.26. The van der Waals surface area contributed by atoms with Crippen LogP contribution in [-0.4, -0.2) is 35.1 Å². The molecular weight excluding hydrogens is 180 g/mol. The monoisotopic (exact) mass is 204 g/mol. The zero-order valence-corrected chi connectivity index (χ0v) is 9.73. The molecule has 0 amide bonds. The molecule has 0 radical (unpaired) electrons. The number of hydrogen-bond acceptors (Lipinski definition) is 3. The van der Waals surface area contributed by atoms with Gasteiger partial charge in [-0.25, -0.2) is 0 Å². The molecule has 2 atom stereocenters. The Morgan fingerprint density at radius 3 is 1.86 bits per heavy atom. The topological polar surface area (TPSA) is 49.7 Å². The second-order valence-corrected chi connectivity index (χ2v) is 4.32. The number of aliphatic hydroxyl groups excluding tert-OH is 2. The third-order valence-corrected chi connectivity index (χ3v) is 2.13. The summed E-state index contributed by atoms with van der Waals surface area (Å²) in [7, 11) is 0. The van der Waals surface area contributed by atoms with Gasteiger partial charge >= 0.3 is 0 Å². The first-order chi connectivity index (χ1) is 6.47. The Labute approximate surface area is 87.1 Å². The van der Waals surface area contributed by atoms with E-state index in [1.807, 2.05) is 0 Å². The first kappa shape index (κ1) is 13.9. The molecule has 3 nitrogen and oxygen atoms in total. The van der Waals surface area contributed by atoms with Gasteiger partial charge in [0.1, 0.15) is 0 Å². The molecule has 0 spiro atoms. The van der Waals surface area contributed by atoms with Crippen molar-refractivity contribution >= 4 is 0 Å². The van der Waals surface area contributed by atoms with Crippen molar-refractivity contribution in [3.8, 4) is 0 Å². The molecule has 86 valence electrons. The molecule has 0 aromatic rings. The van der Waals surface area contributed by atoms with Crippen LogP contribution < -0.4 is 0 Å². The lowest BCUT2D eigenvalue weighted by atomic mass is 10.1. The molecule has 14 heavy (non-hydrogen) atoms. The SMILES string of the molecule is CC(C)C(C)OC1CC1.CC(O)CO. The Balaban J connectivity index is 0.000000292. The Morgan fingerprint density at radius 1 is 1.21 bits per heavy atom. The van der Waals surface area contributed by atoms with E-state index in [4.69, 9.17) is 14.9 Å². The van der Waals surface area contributed by atoms with E-state index in [1.165, 1.54) is 19.8 Å². The second kappa shape index (κ2) is 7.21. The molecule has 2 unspecified atom stereocenters. The molecule has 0 aromatic heterocycles. The fraction of sp³-hybridized carbons (Fsp3) is 1.00. The van der Waals surface area contributed by atoms with Gasteiger partial charge in [-0.1, -0.05) is 13.8 Å². The molecule has 1 rings (SSSR count). The maximum atomic E-state index is 8.11. The van der Waals surface area contributed by atoms with Crippen LogP contribution in [-0.2, 0) is 4.74 Å². The third kappa shape index (κ3) is 8.48. The molecule has 1 aliphatic carbocycles. The molecule has 0 bridgehead atoms. The van der Waals surface area contributed by atoms with Crippen LogP contribution in [0.25, 0.3) is 0 Å². The average Bonchev–Trinajstić information content (AvgIpc) is 2.89. The van der Waals surface area contributed by atoms with Gasteiger partial charge in [0.2, 0.25) is 0 Å². The number of ether oxygens (including phenoxy) is 1. The normalized spacial score (nSPS) is 19.9. The van der Waals surface area contributed by atoms with E-state index in [2.05, 4.69) is 20.8 Å². The summed E-state index contributed by atoms with van der Waals surface area (Å²) in [5, 5.41) is 16.0. The van der Waals surface area contributed by atoms with Crippen molar-refractivity contribution in [3.63, 3.8) is 0 Å². The van der Waals surface area contributed by atoms with E-state index in [-0.39, 0.29) is 6.61 Å². The van der Waals surface area contributed by atoms with Gasteiger partial charge in [0, 0.05) is 0 Å². The molecule has 2 N–H and O–H groups in total. The Hall–Kier alpha value is -0.120. The molecule has 1 saturated carbocycles. The van der Waals surface area contributed by atoms with E-state index in [0.717, 1.165) is 0 Å². The zero-order valence-electron chi connectivity index (χ0n) is 9.73. The molecule has 0 aromatic carbocycles. The van der Waals surface area contributed by atoms with E-state index >= 15 is 0 Å². The van der Waals surface area contributed by atoms with Gasteiger partial charge in [-0.15, -0.1) is 0 Å². The van der Waals surface area contributed by atoms with E-state index in [1.54, 1.807) is 0 Å². The lowest BCUT2D eigenvalue weighted by Crippen LogP contribution is -2.16. The van der Waals surface area contributed by atoms with Crippen molar-refractivity contribution in [1.82, 2.24) is 0 Å². The van der Waals surface area contributed by atoms with Crippen LogP contribution in [0, 0.1) is 5.92 Å². The Bertz CT molecular complexity index is 130. The second-order valence-electron chi connectivity index (χ2n) is 4.32. The Kier molecular flexibility index (Phi) is 7.15. The predicted molar refractivity (Wildman–Crippen MR) is 57.2 cm³/mol. The van der Waals surface area contributed by atoms with Crippen LogP contribution in [0.3, 0.4) is 0 Å². The van der Waals surface area contributed by atoms with Crippen molar-refractivity contribution in [1.29, 1.82) is 0 Å². The number of aliphatic hydroxyl groups is 2. The summed E-state index contributed by atoms with van der Waals surface area (Å²) in [6.45, 7) is 7.95. The maximum Gasteiger partial charge on any atom is 0.0742 e. The molecular formula is C11H24O3. The highest BCUT2D eigenvalue weighted by Gasteiger charge is 2.25. The van der Waals surface area contributed by atoms with Gasteiger partial charge in [-0.2, -0.15) is 0 Å². The molecule has 0 aliphatic heterocycles. The molecule has 3 heteroatoms. The van der Waals surface area contributed by atoms with Gasteiger partial charge in [0.15, 0.2) is 0 Å². The smallest absolute Gasteiger partial charge is 0.0742 e. The van der Waals surface area contributed by atoms with Crippen molar-refractivity contribution in [3.05, 3.63) is 0 Å². The van der Waals surface area contributed by atoms with Crippen molar-refractivity contribution in [2.24, 2.45) is 5.92 Å². The number of rotatable bonds is 4. The summed E-state index contributed by atoms with van der Waals surface area (Å²) in [5.41, 5.74) is 0. The van der Waals surface area contributed by atoms with Crippen molar-refractivity contribution in [2.45, 2.75) is 58.8 Å². The zero-order chi connectivity index (χ0) is 11.1. The largest absolute Gasteiger partial charge is 0.394 e. The maximum absolute atomic E-state index is 8.11. The first-order valence-corrected chi connectivity index (χ1v) is 5.41. The van der Waals surface area contributed by atoms with Crippen LogP contribution in [0.5, 0.6) is 0 Å². The summed E-state index contributed by atoms with van der Waals surface area (Å²) in [6, 6.07) is 0. The molecule has 0 saturated heterocycles. The summed E-state index contributed by atoms with van der Waals surface area (Å²) in [5.74, 6) is 0.672. The minimum Gasteiger partial charge on any atom is -0.394 e. The van der Waals surface area contributed by atoms with Gasteiger partial charge in [-0.3, -0.25) is 0 Å². The van der Waals surface area contributed by atoms with Crippen LogP contribution in [0.2, 0.25) is 0 Å². The standard InChI is InChI=1S/C8H16O.C3H8O2/c1-6(2)7(3)9-8-4-5-8;1-3(5)2-4/h6-8H,4-5H2,1-3H3;3-5H,2H2,1H3. The van der Waals surface area contributed by atoms with Crippen molar-refractivity contribution < 1.29 is 14.9 Å². The molecule has 1 fully saturated rings. The van der Waals surface area contributed by atoms with Crippen molar-refractivity contribution in [2.75, 3.05) is 6.61 Å². The van der Waals surface area contributed by atoms with Gasteiger partial charge in [-0.05, 0) is 32.6 Å². The van der Waals surface area contributed by atoms with E-state index < -0.39 is 6.10 Å². The minimum atomic E-state index is -0.560.